The van der Waals surface area contributed by atoms with Gasteiger partial charge >= 0.3 is 6.01 Å². The third-order valence-corrected chi connectivity index (χ3v) is 5.08. The first-order valence-corrected chi connectivity index (χ1v) is 8.95. The largest absolute Gasteiger partial charge is 0.467 e. The number of aryl methyl sites for hydroxylation is 1. The lowest BCUT2D eigenvalue weighted by Crippen LogP contribution is -2.25. The first-order valence-electron chi connectivity index (χ1n) is 8.55. The van der Waals surface area contributed by atoms with Gasteiger partial charge in [-0.05, 0) is 30.9 Å². The highest BCUT2D eigenvalue weighted by Crippen LogP contribution is 2.32. The number of hydrogen-bond acceptors (Lipinski definition) is 7. The lowest BCUT2D eigenvalue weighted by molar-refractivity contribution is 0.282. The van der Waals surface area contributed by atoms with Crippen LogP contribution in [0, 0.1) is 6.92 Å². The van der Waals surface area contributed by atoms with Gasteiger partial charge < -0.3 is 15.8 Å². The molecule has 2 aromatic rings. The number of nitrogens with two attached hydrogens (primary N) is 1. The van der Waals surface area contributed by atoms with Crippen LogP contribution in [0.2, 0.25) is 0 Å². The maximum absolute atomic E-state index is 6.05. The third kappa shape index (κ3) is 4.16. The van der Waals surface area contributed by atoms with Crippen molar-refractivity contribution in [1.29, 1.82) is 0 Å². The van der Waals surface area contributed by atoms with Gasteiger partial charge in [0, 0.05) is 19.1 Å². The maximum Gasteiger partial charge on any atom is 0.318 e. The predicted molar refractivity (Wildman–Crippen MR) is 104 cm³/mol. The van der Waals surface area contributed by atoms with Crippen LogP contribution in [0.5, 0.6) is 6.01 Å². The summed E-state index contributed by atoms with van der Waals surface area (Å²) >= 11 is 4.60. The molecule has 0 radical (unpaired) electrons. The monoisotopic (exact) mass is 359 g/mol. The van der Waals surface area contributed by atoms with E-state index < -0.39 is 0 Å². The van der Waals surface area contributed by atoms with Crippen molar-refractivity contribution in [2.24, 2.45) is 0 Å². The van der Waals surface area contributed by atoms with Gasteiger partial charge in [0.25, 0.3) is 0 Å². The van der Waals surface area contributed by atoms with Crippen LogP contribution in [-0.4, -0.2) is 27.9 Å². The summed E-state index contributed by atoms with van der Waals surface area (Å²) < 4.78 is 7.25. The molecule has 134 valence electrons. The van der Waals surface area contributed by atoms with Crippen LogP contribution >= 0.6 is 12.8 Å². The molecular weight excluding hydrogens is 334 g/mol. The first kappa shape index (κ1) is 17.8. The number of ether oxygens (including phenoxy) is 1. The van der Waals surface area contributed by atoms with E-state index in [-0.39, 0.29) is 0 Å². The summed E-state index contributed by atoms with van der Waals surface area (Å²) in [6.45, 7) is 3.53. The highest BCUT2D eigenvalue weighted by Gasteiger charge is 2.21. The topological polar surface area (TPSA) is 76.3 Å². The smallest absolute Gasteiger partial charge is 0.318 e. The summed E-state index contributed by atoms with van der Waals surface area (Å²) in [5, 5.41) is 3.27. The molecule has 0 bridgehead atoms. The number of anilines is 2. The van der Waals surface area contributed by atoms with E-state index in [1.54, 1.807) is 7.11 Å². The lowest BCUT2D eigenvalue weighted by Gasteiger charge is -2.31. The highest BCUT2D eigenvalue weighted by atomic mass is 32.1. The van der Waals surface area contributed by atoms with E-state index in [9.17, 15) is 0 Å². The van der Waals surface area contributed by atoms with Gasteiger partial charge in [-0.2, -0.15) is 9.97 Å². The Morgan fingerprint density at radius 1 is 1.28 bits per heavy atom. The molecule has 0 amide bonds. The van der Waals surface area contributed by atoms with Crippen molar-refractivity contribution < 1.29 is 4.74 Å². The Bertz CT molecular complexity index is 722. The average molecular weight is 359 g/mol. The molecule has 6 nitrogen and oxygen atoms in total. The average Bonchev–Trinajstić information content (AvgIpc) is 2.64. The van der Waals surface area contributed by atoms with Crippen LogP contribution in [0.3, 0.4) is 0 Å². The Morgan fingerprint density at radius 3 is 2.72 bits per heavy atom. The molecule has 3 N–H and O–H groups in total. The summed E-state index contributed by atoms with van der Waals surface area (Å²) in [6.07, 6.45) is 3.65. The van der Waals surface area contributed by atoms with Gasteiger partial charge in [-0.15, -0.1) is 0 Å². The van der Waals surface area contributed by atoms with Crippen LogP contribution in [0.1, 0.15) is 42.1 Å². The van der Waals surface area contributed by atoms with Crippen LogP contribution < -0.4 is 15.8 Å². The van der Waals surface area contributed by atoms with Crippen molar-refractivity contribution >= 4 is 24.3 Å². The third-order valence-electron chi connectivity index (χ3n) is 4.60. The van der Waals surface area contributed by atoms with Crippen molar-refractivity contribution in [3.63, 3.8) is 0 Å². The lowest BCUT2D eigenvalue weighted by atomic mass is 9.96. The molecular formula is C18H25N5OS. The quantitative estimate of drug-likeness (QED) is 0.711. The normalized spacial score (nSPS) is 18.1. The number of benzene rings is 1. The van der Waals surface area contributed by atoms with Gasteiger partial charge in [0.15, 0.2) is 5.82 Å². The van der Waals surface area contributed by atoms with E-state index in [4.69, 9.17) is 10.5 Å². The van der Waals surface area contributed by atoms with Gasteiger partial charge in [-0.1, -0.05) is 43.5 Å². The fraction of sp³-hybridized carbons (Fsp3) is 0.444. The van der Waals surface area contributed by atoms with Crippen molar-refractivity contribution in [3.8, 4) is 6.01 Å². The number of nitrogen functional groups attached to an aromatic ring is 1. The molecule has 3 rings (SSSR count). The fourth-order valence-corrected chi connectivity index (χ4v) is 3.47. The Kier molecular flexibility index (Phi) is 5.65. The highest BCUT2D eigenvalue weighted by molar-refractivity contribution is 7.77. The van der Waals surface area contributed by atoms with Crippen molar-refractivity contribution in [2.75, 3.05) is 24.7 Å². The summed E-state index contributed by atoms with van der Waals surface area (Å²) in [6, 6.07) is 9.37. The number of aromatic nitrogens is 2. The minimum Gasteiger partial charge on any atom is -0.467 e. The standard InChI is InChI=1S/C18H25N5OS/c1-12-16(19)17(22-18(21-12)24-2)20-11-13-6-8-14(9-7-13)15-5-3-4-10-23(15)25/h6-9,15,25H,3-5,10-11,19H2,1-2H3,(H,20,21,22). The zero-order chi connectivity index (χ0) is 17.8. The Balaban J connectivity index is 1.67. The molecule has 0 spiro atoms. The van der Waals surface area contributed by atoms with Gasteiger partial charge in [-0.25, -0.2) is 4.31 Å². The molecule has 1 aromatic carbocycles. The Labute approximate surface area is 154 Å². The summed E-state index contributed by atoms with van der Waals surface area (Å²) in [5.74, 6) is 0.599. The molecule has 1 aliphatic rings. The van der Waals surface area contributed by atoms with Crippen LogP contribution in [-0.2, 0) is 6.54 Å². The zero-order valence-corrected chi connectivity index (χ0v) is 15.6. The van der Waals surface area contributed by atoms with Crippen LogP contribution in [0.4, 0.5) is 11.5 Å². The second kappa shape index (κ2) is 7.93. The van der Waals surface area contributed by atoms with Gasteiger partial charge in [0.2, 0.25) is 0 Å². The number of nitrogens with one attached hydrogen (secondary N) is 1. The fourth-order valence-electron chi connectivity index (χ4n) is 3.08. The summed E-state index contributed by atoms with van der Waals surface area (Å²) in [5.41, 5.74) is 9.79. The van der Waals surface area contributed by atoms with E-state index in [1.807, 2.05) is 6.92 Å². The van der Waals surface area contributed by atoms with Crippen molar-refractivity contribution in [3.05, 3.63) is 41.1 Å². The minimum atomic E-state index is 0.315. The Morgan fingerprint density at radius 2 is 2.04 bits per heavy atom. The molecule has 1 unspecified atom stereocenters. The number of nitrogens with zero attached hydrogens (tertiary/aromatic N) is 3. The summed E-state index contributed by atoms with van der Waals surface area (Å²) in [4.78, 5) is 8.45. The van der Waals surface area contributed by atoms with E-state index >= 15 is 0 Å². The van der Waals surface area contributed by atoms with Gasteiger partial charge in [-0.3, -0.25) is 0 Å². The van der Waals surface area contributed by atoms with Crippen LogP contribution in [0.15, 0.2) is 24.3 Å². The van der Waals surface area contributed by atoms with Crippen LogP contribution in [0.25, 0.3) is 0 Å². The molecule has 1 saturated heterocycles. The van der Waals surface area contributed by atoms with Gasteiger partial charge in [0.1, 0.15) is 0 Å². The second-order valence-corrected chi connectivity index (χ2v) is 6.84. The number of rotatable bonds is 5. The Hall–Kier alpha value is -1.99. The van der Waals surface area contributed by atoms with Crippen molar-refractivity contribution in [1.82, 2.24) is 14.3 Å². The SMILES string of the molecule is COc1nc(C)c(N)c(NCc2ccc(C3CCCCN3S)cc2)n1. The van der Waals surface area contributed by atoms with Gasteiger partial charge in [0.05, 0.1) is 18.5 Å². The number of thiol groups is 1. The van der Waals surface area contributed by atoms with E-state index in [1.165, 1.54) is 24.0 Å². The zero-order valence-electron chi connectivity index (χ0n) is 14.7. The van der Waals surface area contributed by atoms with E-state index in [0.717, 1.165) is 13.0 Å². The molecule has 1 aliphatic heterocycles. The molecule has 25 heavy (non-hydrogen) atoms. The number of methoxy groups -OCH3 is 1. The summed E-state index contributed by atoms with van der Waals surface area (Å²) in [7, 11) is 1.55. The molecule has 2 heterocycles. The molecule has 7 heteroatoms. The molecule has 0 aliphatic carbocycles. The van der Waals surface area contributed by atoms with Crippen molar-refractivity contribution in [2.45, 2.75) is 38.8 Å². The van der Waals surface area contributed by atoms with E-state index in [0.29, 0.717) is 35.8 Å². The maximum atomic E-state index is 6.05. The van der Waals surface area contributed by atoms with E-state index in [2.05, 4.69) is 56.7 Å². The molecule has 0 saturated carbocycles. The number of piperidine rings is 1. The first-order chi connectivity index (χ1) is 12.1. The molecule has 1 atom stereocenters. The molecule has 1 aromatic heterocycles. The predicted octanol–water partition coefficient (Wildman–Crippen LogP) is 3.36. The number of hydrogen-bond donors (Lipinski definition) is 3. The second-order valence-electron chi connectivity index (χ2n) is 6.33. The minimum absolute atomic E-state index is 0.315. The molecule has 1 fully saturated rings.